The Kier molecular flexibility index (Phi) is 6.19. The van der Waals surface area contributed by atoms with Crippen molar-refractivity contribution in [3.05, 3.63) is 81.6 Å². The van der Waals surface area contributed by atoms with E-state index in [4.69, 9.17) is 16.3 Å². The number of nitrogens with one attached hydrogen (secondary N) is 1. The molecule has 1 aromatic heterocycles. The molecular weight excluding hydrogens is 474 g/mol. The number of carboxylic acid groups (broad SMARTS) is 1. The Balaban J connectivity index is 1.74. The third-order valence-electron chi connectivity index (χ3n) is 5.63. The van der Waals surface area contributed by atoms with Crippen LogP contribution in [-0.4, -0.2) is 35.5 Å². The van der Waals surface area contributed by atoms with Gasteiger partial charge in [-0.2, -0.15) is 0 Å². The number of barbiturate groups is 1. The van der Waals surface area contributed by atoms with Crippen molar-refractivity contribution in [2.45, 2.75) is 13.8 Å². The lowest BCUT2D eigenvalue weighted by atomic mass is 10.1. The summed E-state index contributed by atoms with van der Waals surface area (Å²) in [5.74, 6) is -2.41. The molecule has 1 N–H and O–H groups in total. The Morgan fingerprint density at radius 2 is 1.69 bits per heavy atom. The molecule has 178 valence electrons. The maximum Gasteiger partial charge on any atom is 0.335 e. The van der Waals surface area contributed by atoms with Crippen molar-refractivity contribution in [2.24, 2.45) is 0 Å². The van der Waals surface area contributed by atoms with E-state index in [1.807, 2.05) is 6.92 Å². The number of ether oxygens (including phenoxy) is 1. The van der Waals surface area contributed by atoms with Crippen molar-refractivity contribution < 1.29 is 29.0 Å². The Morgan fingerprint density at radius 1 is 1.03 bits per heavy atom. The van der Waals surface area contributed by atoms with Crippen LogP contribution in [-0.2, 0) is 9.59 Å². The summed E-state index contributed by atoms with van der Waals surface area (Å²) < 4.78 is 6.90. The molecule has 1 aliphatic heterocycles. The van der Waals surface area contributed by atoms with Crippen LogP contribution in [0.3, 0.4) is 0 Å². The maximum absolute atomic E-state index is 13.2. The number of carbonyl (C=O) groups excluding carboxylic acids is 4. The van der Waals surface area contributed by atoms with Gasteiger partial charge in [-0.25, -0.2) is 9.69 Å². The number of benzene rings is 2. The number of aromatic nitrogens is 1. The predicted molar refractivity (Wildman–Crippen MR) is 127 cm³/mol. The summed E-state index contributed by atoms with van der Waals surface area (Å²) in [5, 5.41) is 13.4. The molecule has 0 spiro atoms. The number of methoxy groups -OCH3 is 1. The number of carbonyl (C=O) groups is 4. The molecule has 1 saturated heterocycles. The fraction of sp³-hybridized carbons (Fsp3) is 0.120. The number of rotatable bonds is 5. The van der Waals surface area contributed by atoms with Gasteiger partial charge in [0.05, 0.1) is 23.8 Å². The van der Waals surface area contributed by atoms with Crippen LogP contribution in [0.2, 0.25) is 5.02 Å². The molecule has 4 rings (SSSR count). The van der Waals surface area contributed by atoms with Crippen molar-refractivity contribution in [3.8, 4) is 11.4 Å². The highest BCUT2D eigenvalue weighted by molar-refractivity contribution is 6.39. The molecule has 9 nitrogen and oxygen atoms in total. The van der Waals surface area contributed by atoms with Crippen LogP contribution in [0.15, 0.2) is 54.1 Å². The average molecular weight is 493 g/mol. The van der Waals surface area contributed by atoms with Crippen LogP contribution in [0.5, 0.6) is 5.75 Å². The molecule has 0 bridgehead atoms. The zero-order valence-corrected chi connectivity index (χ0v) is 19.7. The fourth-order valence-corrected chi connectivity index (χ4v) is 4.17. The number of halogens is 1. The number of urea groups is 1. The zero-order chi connectivity index (χ0) is 25.4. The summed E-state index contributed by atoms with van der Waals surface area (Å²) in [6.07, 6.45) is 1.41. The molecule has 2 aromatic carbocycles. The normalized spacial score (nSPS) is 14.9. The van der Waals surface area contributed by atoms with Crippen LogP contribution in [0.4, 0.5) is 10.5 Å². The van der Waals surface area contributed by atoms with Crippen LogP contribution in [0.25, 0.3) is 11.8 Å². The molecule has 10 heteroatoms. The maximum atomic E-state index is 13.2. The Labute approximate surface area is 205 Å². The van der Waals surface area contributed by atoms with E-state index in [0.29, 0.717) is 22.7 Å². The lowest BCUT2D eigenvalue weighted by Gasteiger charge is -2.26. The van der Waals surface area contributed by atoms with E-state index in [2.05, 4.69) is 5.32 Å². The number of carboxylic acids is 1. The predicted octanol–water partition coefficient (Wildman–Crippen LogP) is 2.79. The zero-order valence-electron chi connectivity index (χ0n) is 18.9. The van der Waals surface area contributed by atoms with Crippen molar-refractivity contribution in [3.63, 3.8) is 0 Å². The Bertz CT molecular complexity index is 1420. The Morgan fingerprint density at radius 3 is 2.29 bits per heavy atom. The van der Waals surface area contributed by atoms with Gasteiger partial charge in [0.25, 0.3) is 11.8 Å². The van der Waals surface area contributed by atoms with Crippen LogP contribution < -0.4 is 20.1 Å². The van der Waals surface area contributed by atoms with Gasteiger partial charge >= 0.3 is 6.03 Å². The van der Waals surface area contributed by atoms with Gasteiger partial charge in [-0.05, 0) is 74.0 Å². The highest BCUT2D eigenvalue weighted by Gasteiger charge is 2.37. The first-order valence-electron chi connectivity index (χ1n) is 10.4. The van der Waals surface area contributed by atoms with Crippen LogP contribution in [0.1, 0.15) is 27.3 Å². The lowest BCUT2D eigenvalue weighted by Crippen LogP contribution is -2.54. The van der Waals surface area contributed by atoms with Gasteiger partial charge in [-0.3, -0.25) is 14.9 Å². The van der Waals surface area contributed by atoms with Gasteiger partial charge in [-0.15, -0.1) is 0 Å². The highest BCUT2D eigenvalue weighted by atomic mass is 35.5. The van der Waals surface area contributed by atoms with Gasteiger partial charge in [0.15, 0.2) is 0 Å². The molecular formula is C25H19ClN3O6-. The fourth-order valence-electron chi connectivity index (χ4n) is 3.92. The van der Waals surface area contributed by atoms with Crippen molar-refractivity contribution in [1.82, 2.24) is 9.88 Å². The van der Waals surface area contributed by atoms with Crippen LogP contribution in [0, 0.1) is 13.8 Å². The summed E-state index contributed by atoms with van der Waals surface area (Å²) >= 11 is 6.10. The van der Waals surface area contributed by atoms with Gasteiger partial charge in [0.1, 0.15) is 11.3 Å². The molecule has 4 amide bonds. The average Bonchev–Trinajstić information content (AvgIpc) is 3.09. The number of nitrogens with zero attached hydrogens (tertiary/aromatic N) is 2. The minimum Gasteiger partial charge on any atom is -0.545 e. The minimum atomic E-state index is -1.38. The number of aryl methyl sites for hydroxylation is 1. The quantitative estimate of drug-likeness (QED) is 0.432. The monoisotopic (exact) mass is 492 g/mol. The second-order valence-electron chi connectivity index (χ2n) is 7.77. The molecule has 1 aliphatic rings. The van der Waals surface area contributed by atoms with E-state index in [-0.39, 0.29) is 21.8 Å². The molecule has 2 heterocycles. The SMILES string of the molecule is COc1ccc(N2C(=O)NC(=O)/C(=C/c3cc(C)n(-c4ccc(C(=O)[O-])c(Cl)c4)c3C)C2=O)cc1. The summed E-state index contributed by atoms with van der Waals surface area (Å²) in [7, 11) is 1.50. The van der Waals surface area contributed by atoms with E-state index in [9.17, 15) is 24.3 Å². The first-order chi connectivity index (χ1) is 16.6. The number of imide groups is 2. The number of aromatic carboxylic acids is 1. The van der Waals surface area contributed by atoms with Crippen LogP contribution >= 0.6 is 11.6 Å². The largest absolute Gasteiger partial charge is 0.545 e. The Hall–Kier alpha value is -4.37. The molecule has 0 radical (unpaired) electrons. The molecule has 35 heavy (non-hydrogen) atoms. The molecule has 0 unspecified atom stereocenters. The van der Waals surface area contributed by atoms with E-state index in [0.717, 1.165) is 10.6 Å². The molecule has 0 atom stereocenters. The lowest BCUT2D eigenvalue weighted by molar-refractivity contribution is -0.255. The van der Waals surface area contributed by atoms with E-state index in [1.54, 1.807) is 35.8 Å². The second-order valence-corrected chi connectivity index (χ2v) is 8.18. The third kappa shape index (κ3) is 4.29. The van der Waals surface area contributed by atoms with Crippen molar-refractivity contribution >= 4 is 47.2 Å². The summed E-state index contributed by atoms with van der Waals surface area (Å²) in [6, 6.07) is 11.6. The second kappa shape index (κ2) is 9.11. The first-order valence-corrected chi connectivity index (χ1v) is 10.8. The van der Waals surface area contributed by atoms with E-state index < -0.39 is 23.8 Å². The first kappa shape index (κ1) is 23.8. The van der Waals surface area contributed by atoms with Gasteiger partial charge < -0.3 is 19.2 Å². The standard InChI is InChI=1S/C25H20ClN3O6/c1-13-10-15(14(2)28(13)17-6-9-19(24(32)33)21(26)12-17)11-20-22(30)27-25(34)29(23(20)31)16-4-7-18(35-3)8-5-16/h4-12H,1-3H3,(H,32,33)(H,27,30,34)/p-1/b20-11-. The smallest absolute Gasteiger partial charge is 0.335 e. The van der Waals surface area contributed by atoms with Crippen molar-refractivity contribution in [2.75, 3.05) is 12.0 Å². The van der Waals surface area contributed by atoms with Gasteiger partial charge in [-0.1, -0.05) is 11.6 Å². The molecule has 1 fully saturated rings. The molecule has 0 aliphatic carbocycles. The summed E-state index contributed by atoms with van der Waals surface area (Å²) in [6.45, 7) is 3.59. The summed E-state index contributed by atoms with van der Waals surface area (Å²) in [5.41, 5.74) is 2.50. The number of hydrogen-bond acceptors (Lipinski definition) is 6. The highest BCUT2D eigenvalue weighted by Crippen LogP contribution is 2.28. The van der Waals surface area contributed by atoms with Gasteiger partial charge in [0.2, 0.25) is 0 Å². The number of amides is 4. The third-order valence-corrected chi connectivity index (χ3v) is 5.95. The van der Waals surface area contributed by atoms with Gasteiger partial charge in [0, 0.05) is 22.6 Å². The topological polar surface area (TPSA) is 121 Å². The molecule has 3 aromatic rings. The number of anilines is 1. The molecule has 0 saturated carbocycles. The van der Waals surface area contributed by atoms with Crippen molar-refractivity contribution in [1.29, 1.82) is 0 Å². The summed E-state index contributed by atoms with van der Waals surface area (Å²) in [4.78, 5) is 50.2. The van der Waals surface area contributed by atoms with E-state index in [1.165, 1.54) is 37.5 Å². The minimum absolute atomic E-state index is 0.0189. The van der Waals surface area contributed by atoms with E-state index >= 15 is 0 Å². The number of hydrogen-bond donors (Lipinski definition) is 1.